The second kappa shape index (κ2) is 7.87. The monoisotopic (exact) mass is 329 g/mol. The van der Waals surface area contributed by atoms with Gasteiger partial charge in [0.25, 0.3) is 0 Å². The van der Waals surface area contributed by atoms with Gasteiger partial charge in [-0.15, -0.1) is 0 Å². The van der Waals surface area contributed by atoms with Crippen LogP contribution in [0.1, 0.15) is 63.4 Å². The molecule has 1 saturated carbocycles. The second-order valence-corrected chi connectivity index (χ2v) is 6.98. The predicted octanol–water partition coefficient (Wildman–Crippen LogP) is 6.49. The number of hydrogen-bond donors (Lipinski definition) is 0. The van der Waals surface area contributed by atoms with Gasteiger partial charge >= 0.3 is 0 Å². The van der Waals surface area contributed by atoms with Gasteiger partial charge in [-0.25, -0.2) is 9.37 Å². The minimum atomic E-state index is -1.05. The Balaban J connectivity index is 1.64. The first-order valence-electron chi connectivity index (χ1n) is 9.08. The van der Waals surface area contributed by atoms with Crippen molar-refractivity contribution in [1.29, 1.82) is 0 Å². The Bertz CT molecular complexity index is 658. The summed E-state index contributed by atoms with van der Waals surface area (Å²) in [6, 6.07) is 9.46. The van der Waals surface area contributed by atoms with E-state index in [1.165, 1.54) is 62.8 Å². The summed E-state index contributed by atoms with van der Waals surface area (Å²) in [7, 11) is 0. The molecule has 0 unspecified atom stereocenters. The van der Waals surface area contributed by atoms with Crippen LogP contribution in [0.5, 0.6) is 0 Å². The first kappa shape index (κ1) is 17.1. The Morgan fingerprint density at radius 2 is 1.71 bits per heavy atom. The highest BCUT2D eigenvalue weighted by molar-refractivity contribution is 5.62. The van der Waals surface area contributed by atoms with E-state index in [-0.39, 0.29) is 0 Å². The van der Waals surface area contributed by atoms with Crippen molar-refractivity contribution in [2.24, 2.45) is 5.92 Å². The molecule has 1 aliphatic rings. The van der Waals surface area contributed by atoms with Crippen LogP contribution >= 0.6 is 0 Å². The highest BCUT2D eigenvalue weighted by Crippen LogP contribution is 2.38. The molecule has 1 aromatic carbocycles. The zero-order valence-electron chi connectivity index (χ0n) is 14.3. The van der Waals surface area contributed by atoms with Crippen LogP contribution in [0.25, 0.3) is 11.1 Å². The van der Waals surface area contributed by atoms with E-state index < -0.39 is 11.8 Å². The Hall–Kier alpha value is -1.77. The zero-order chi connectivity index (χ0) is 16.9. The highest BCUT2D eigenvalue weighted by atomic mass is 19.2. The third-order valence-electron chi connectivity index (χ3n) is 5.32. The van der Waals surface area contributed by atoms with Gasteiger partial charge < -0.3 is 0 Å². The molecule has 1 nitrogen and oxygen atoms in total. The Morgan fingerprint density at radius 3 is 2.33 bits per heavy atom. The Labute approximate surface area is 143 Å². The van der Waals surface area contributed by atoms with E-state index in [4.69, 9.17) is 0 Å². The van der Waals surface area contributed by atoms with E-state index in [0.717, 1.165) is 11.5 Å². The van der Waals surface area contributed by atoms with Crippen molar-refractivity contribution in [2.75, 3.05) is 0 Å². The van der Waals surface area contributed by atoms with Gasteiger partial charge in [-0.2, -0.15) is 4.39 Å². The van der Waals surface area contributed by atoms with E-state index in [2.05, 4.69) is 24.0 Å². The summed E-state index contributed by atoms with van der Waals surface area (Å²) in [6.07, 6.45) is 10.6. The number of nitrogens with zero attached hydrogens (tertiary/aromatic N) is 1. The first-order valence-corrected chi connectivity index (χ1v) is 9.08. The van der Waals surface area contributed by atoms with E-state index in [9.17, 15) is 8.78 Å². The number of hydrogen-bond acceptors (Lipinski definition) is 1. The number of benzene rings is 1. The lowest BCUT2D eigenvalue weighted by molar-refractivity contribution is 0.304. The van der Waals surface area contributed by atoms with Crippen molar-refractivity contribution >= 4 is 0 Å². The molecule has 0 atom stereocenters. The number of rotatable bonds is 5. The number of aromatic nitrogens is 1. The summed E-state index contributed by atoms with van der Waals surface area (Å²) >= 11 is 0. The van der Waals surface area contributed by atoms with Crippen molar-refractivity contribution < 1.29 is 8.78 Å². The lowest BCUT2D eigenvalue weighted by Crippen LogP contribution is -2.13. The van der Waals surface area contributed by atoms with Gasteiger partial charge in [-0.1, -0.05) is 50.5 Å². The van der Waals surface area contributed by atoms with Crippen LogP contribution in [0.15, 0.2) is 36.5 Å². The molecule has 1 heterocycles. The standard InChI is InChI=1S/C21H25F2N/c1-2-3-4-15-5-7-16(8-6-15)17-9-11-18(12-10-17)19-13-20(22)21(23)24-14-19/h9-16H,2-8H2,1H3. The molecule has 1 aromatic heterocycles. The summed E-state index contributed by atoms with van der Waals surface area (Å²) < 4.78 is 26.3. The van der Waals surface area contributed by atoms with E-state index >= 15 is 0 Å². The van der Waals surface area contributed by atoms with Gasteiger partial charge in [0, 0.05) is 11.8 Å². The van der Waals surface area contributed by atoms with Gasteiger partial charge in [0.15, 0.2) is 5.82 Å². The van der Waals surface area contributed by atoms with Crippen molar-refractivity contribution in [2.45, 2.75) is 57.8 Å². The molecule has 24 heavy (non-hydrogen) atoms. The zero-order valence-corrected chi connectivity index (χ0v) is 14.3. The van der Waals surface area contributed by atoms with Crippen LogP contribution in [0.4, 0.5) is 8.78 Å². The van der Waals surface area contributed by atoms with Crippen LogP contribution in [0.2, 0.25) is 0 Å². The molecule has 3 rings (SSSR count). The fraction of sp³-hybridized carbons (Fsp3) is 0.476. The minimum Gasteiger partial charge on any atom is -0.225 e. The molecule has 2 aromatic rings. The van der Waals surface area contributed by atoms with Crippen molar-refractivity contribution in [3.63, 3.8) is 0 Å². The molecular formula is C21H25F2N. The van der Waals surface area contributed by atoms with Crippen molar-refractivity contribution in [3.8, 4) is 11.1 Å². The van der Waals surface area contributed by atoms with Gasteiger partial charge in [0.2, 0.25) is 5.95 Å². The minimum absolute atomic E-state index is 0.615. The molecule has 0 spiro atoms. The molecule has 0 N–H and O–H groups in total. The van der Waals surface area contributed by atoms with Gasteiger partial charge in [0.05, 0.1) is 0 Å². The van der Waals surface area contributed by atoms with E-state index in [1.54, 1.807) is 0 Å². The molecule has 1 fully saturated rings. The number of halogens is 2. The maximum atomic E-state index is 13.3. The fourth-order valence-electron chi connectivity index (χ4n) is 3.80. The Morgan fingerprint density at radius 1 is 1.00 bits per heavy atom. The molecular weight excluding hydrogens is 304 g/mol. The molecule has 128 valence electrons. The molecule has 0 saturated heterocycles. The third kappa shape index (κ3) is 4.00. The molecule has 0 aliphatic heterocycles. The largest absolute Gasteiger partial charge is 0.248 e. The van der Waals surface area contributed by atoms with Crippen LogP contribution in [-0.2, 0) is 0 Å². The van der Waals surface area contributed by atoms with Gasteiger partial charge in [-0.05, 0) is 54.7 Å². The molecule has 3 heteroatoms. The maximum Gasteiger partial charge on any atom is 0.248 e. The molecule has 1 aliphatic carbocycles. The van der Waals surface area contributed by atoms with E-state index in [0.29, 0.717) is 11.5 Å². The molecule has 0 amide bonds. The van der Waals surface area contributed by atoms with Crippen molar-refractivity contribution in [3.05, 3.63) is 53.9 Å². The summed E-state index contributed by atoms with van der Waals surface area (Å²) in [4.78, 5) is 3.46. The fourth-order valence-corrected chi connectivity index (χ4v) is 3.80. The quantitative estimate of drug-likeness (QED) is 0.571. The Kier molecular flexibility index (Phi) is 5.60. The molecule has 0 bridgehead atoms. The van der Waals surface area contributed by atoms with Gasteiger partial charge in [-0.3, -0.25) is 0 Å². The van der Waals surface area contributed by atoms with Crippen LogP contribution < -0.4 is 0 Å². The van der Waals surface area contributed by atoms with Crippen LogP contribution in [0.3, 0.4) is 0 Å². The summed E-state index contributed by atoms with van der Waals surface area (Å²) in [5.41, 5.74) is 2.86. The van der Waals surface area contributed by atoms with Crippen LogP contribution in [-0.4, -0.2) is 4.98 Å². The lowest BCUT2D eigenvalue weighted by atomic mass is 9.77. The maximum absolute atomic E-state index is 13.3. The van der Waals surface area contributed by atoms with Crippen LogP contribution in [0, 0.1) is 17.7 Å². The van der Waals surface area contributed by atoms with Gasteiger partial charge in [0.1, 0.15) is 0 Å². The summed E-state index contributed by atoms with van der Waals surface area (Å²) in [5, 5.41) is 0. The topological polar surface area (TPSA) is 12.9 Å². The molecule has 0 radical (unpaired) electrons. The summed E-state index contributed by atoms with van der Waals surface area (Å²) in [6.45, 7) is 2.26. The lowest BCUT2D eigenvalue weighted by Gasteiger charge is -2.29. The summed E-state index contributed by atoms with van der Waals surface area (Å²) in [5.74, 6) is -0.397. The number of unbranched alkanes of at least 4 members (excludes halogenated alkanes) is 1. The average Bonchev–Trinajstić information content (AvgIpc) is 2.63. The SMILES string of the molecule is CCCCC1CCC(c2ccc(-c3cnc(F)c(F)c3)cc2)CC1. The highest BCUT2D eigenvalue weighted by Gasteiger charge is 2.21. The smallest absolute Gasteiger partial charge is 0.225 e. The first-order chi connectivity index (χ1) is 11.7. The predicted molar refractivity (Wildman–Crippen MR) is 93.8 cm³/mol. The second-order valence-electron chi connectivity index (χ2n) is 6.98. The third-order valence-corrected chi connectivity index (χ3v) is 5.32. The van der Waals surface area contributed by atoms with Crippen molar-refractivity contribution in [1.82, 2.24) is 4.98 Å². The average molecular weight is 329 g/mol. The number of pyridine rings is 1. The van der Waals surface area contributed by atoms with E-state index in [1.807, 2.05) is 12.1 Å². The normalized spacial score (nSPS) is 21.0.